The summed E-state index contributed by atoms with van der Waals surface area (Å²) in [7, 11) is -1.62. The molecule has 0 spiro atoms. The van der Waals surface area contributed by atoms with Gasteiger partial charge in [0.1, 0.15) is 0 Å². The van der Waals surface area contributed by atoms with Gasteiger partial charge in [0.2, 0.25) is 0 Å². The largest absolute Gasteiger partial charge is 0.466 e. The number of hydrogen-bond donors (Lipinski definition) is 2. The van der Waals surface area contributed by atoms with Gasteiger partial charge in [-0.3, -0.25) is 4.79 Å². The van der Waals surface area contributed by atoms with Crippen LogP contribution in [0, 0.1) is 11.8 Å². The van der Waals surface area contributed by atoms with E-state index < -0.39 is 10.2 Å². The maximum Gasteiger partial charge on any atom is 0.309 e. The van der Waals surface area contributed by atoms with Crippen molar-refractivity contribution in [3.63, 3.8) is 0 Å². The van der Waals surface area contributed by atoms with Gasteiger partial charge in [0, 0.05) is 19.6 Å². The number of hydrogen-bond acceptors (Lipinski definition) is 5. The topological polar surface area (TPSA) is 87.7 Å². The summed E-state index contributed by atoms with van der Waals surface area (Å²) >= 11 is 0. The van der Waals surface area contributed by atoms with Crippen LogP contribution in [0.25, 0.3) is 0 Å². The Morgan fingerprint density at radius 2 is 1.95 bits per heavy atom. The molecular formula is C13H27N3O4S. The highest BCUT2D eigenvalue weighted by atomic mass is 32.2. The van der Waals surface area contributed by atoms with Gasteiger partial charge in [0.15, 0.2) is 0 Å². The highest BCUT2D eigenvalue weighted by Crippen LogP contribution is 2.20. The van der Waals surface area contributed by atoms with Crippen LogP contribution < -0.4 is 10.0 Å². The van der Waals surface area contributed by atoms with Gasteiger partial charge in [0.25, 0.3) is 10.2 Å². The van der Waals surface area contributed by atoms with Crippen molar-refractivity contribution in [3.05, 3.63) is 0 Å². The van der Waals surface area contributed by atoms with Crippen LogP contribution in [0.15, 0.2) is 0 Å². The second-order valence-electron chi connectivity index (χ2n) is 5.44. The molecule has 7 nitrogen and oxygen atoms in total. The summed E-state index contributed by atoms with van der Waals surface area (Å²) in [5.41, 5.74) is 0. The Bertz CT molecular complexity index is 419. The summed E-state index contributed by atoms with van der Waals surface area (Å²) in [6.07, 6.45) is 1.04. The predicted molar refractivity (Wildman–Crippen MR) is 80.9 cm³/mol. The van der Waals surface area contributed by atoms with Gasteiger partial charge in [-0.2, -0.15) is 12.7 Å². The second-order valence-corrected chi connectivity index (χ2v) is 7.20. The number of ether oxygens (including phenoxy) is 1. The van der Waals surface area contributed by atoms with Crippen molar-refractivity contribution < 1.29 is 17.9 Å². The Kier molecular flexibility index (Phi) is 7.58. The first-order valence-electron chi connectivity index (χ1n) is 7.46. The lowest BCUT2D eigenvalue weighted by molar-refractivity contribution is -0.149. The molecule has 21 heavy (non-hydrogen) atoms. The van der Waals surface area contributed by atoms with Crippen LogP contribution in [-0.4, -0.2) is 58.5 Å². The summed E-state index contributed by atoms with van der Waals surface area (Å²) in [5.74, 6) is -0.174. The highest BCUT2D eigenvalue weighted by Gasteiger charge is 2.31. The number of carbonyl (C=O) groups is 1. The molecule has 8 heteroatoms. The maximum atomic E-state index is 12.2. The molecule has 0 aromatic rings. The average molecular weight is 321 g/mol. The molecular weight excluding hydrogens is 294 g/mol. The van der Waals surface area contributed by atoms with Crippen LogP contribution in [0.4, 0.5) is 0 Å². The Morgan fingerprint density at radius 3 is 2.48 bits per heavy atom. The number of nitrogens with zero attached hydrogens (tertiary/aromatic N) is 1. The molecule has 1 heterocycles. The number of carbonyl (C=O) groups excluding carboxylic acids is 1. The molecule has 1 rings (SSSR count). The van der Waals surface area contributed by atoms with E-state index in [0.29, 0.717) is 39.1 Å². The third-order valence-electron chi connectivity index (χ3n) is 3.58. The van der Waals surface area contributed by atoms with E-state index in [1.165, 1.54) is 4.31 Å². The minimum absolute atomic E-state index is 0.181. The summed E-state index contributed by atoms with van der Waals surface area (Å²) in [6, 6.07) is 0. The Balaban J connectivity index is 2.43. The summed E-state index contributed by atoms with van der Waals surface area (Å²) in [5, 5.41) is 3.01. The molecule has 0 radical (unpaired) electrons. The number of rotatable bonds is 8. The van der Waals surface area contributed by atoms with Crippen molar-refractivity contribution in [2.24, 2.45) is 11.8 Å². The number of piperidine rings is 1. The summed E-state index contributed by atoms with van der Waals surface area (Å²) in [4.78, 5) is 11.6. The lowest BCUT2D eigenvalue weighted by Gasteiger charge is -2.30. The number of nitrogens with one attached hydrogen (secondary N) is 2. The van der Waals surface area contributed by atoms with Crippen LogP contribution in [0.2, 0.25) is 0 Å². The predicted octanol–water partition coefficient (Wildman–Crippen LogP) is -0.0486. The van der Waals surface area contributed by atoms with Crippen LogP contribution in [-0.2, 0) is 19.7 Å². The lowest BCUT2D eigenvalue weighted by Crippen LogP contribution is -2.47. The van der Waals surface area contributed by atoms with E-state index in [-0.39, 0.29) is 17.8 Å². The van der Waals surface area contributed by atoms with Crippen LogP contribution in [0.3, 0.4) is 0 Å². The molecule has 2 N–H and O–H groups in total. The van der Waals surface area contributed by atoms with Crippen molar-refractivity contribution >= 4 is 16.2 Å². The van der Waals surface area contributed by atoms with E-state index in [0.717, 1.165) is 6.54 Å². The zero-order valence-electron chi connectivity index (χ0n) is 13.1. The quantitative estimate of drug-likeness (QED) is 0.612. The van der Waals surface area contributed by atoms with Crippen molar-refractivity contribution in [2.45, 2.75) is 26.7 Å². The van der Waals surface area contributed by atoms with E-state index in [4.69, 9.17) is 4.74 Å². The molecule has 0 amide bonds. The first kappa shape index (κ1) is 18.3. The zero-order chi connectivity index (χ0) is 15.9. The van der Waals surface area contributed by atoms with Crippen molar-refractivity contribution in [1.82, 2.24) is 14.3 Å². The third kappa shape index (κ3) is 5.90. The van der Waals surface area contributed by atoms with Crippen molar-refractivity contribution in [1.29, 1.82) is 0 Å². The summed E-state index contributed by atoms with van der Waals surface area (Å²) in [6.45, 7) is 5.99. The van der Waals surface area contributed by atoms with E-state index in [2.05, 4.69) is 10.0 Å². The minimum atomic E-state index is -3.45. The minimum Gasteiger partial charge on any atom is -0.466 e. The molecule has 1 unspecified atom stereocenters. The fourth-order valence-electron chi connectivity index (χ4n) is 2.35. The zero-order valence-corrected chi connectivity index (χ0v) is 13.9. The molecule has 124 valence electrons. The molecule has 1 atom stereocenters. The van der Waals surface area contributed by atoms with Crippen LogP contribution in [0.1, 0.15) is 26.7 Å². The molecule has 0 saturated carbocycles. The van der Waals surface area contributed by atoms with Gasteiger partial charge >= 0.3 is 5.97 Å². The Hall–Kier alpha value is -0.700. The first-order valence-corrected chi connectivity index (χ1v) is 8.90. The smallest absolute Gasteiger partial charge is 0.309 e. The third-order valence-corrected chi connectivity index (χ3v) is 5.16. The standard InChI is InChI=1S/C13H27N3O4S/c1-4-20-13(17)12-5-7-16(8-6-12)21(18,19)15-10-11(2)9-14-3/h11-12,14-15H,4-10H2,1-3H3. The van der Waals surface area contributed by atoms with E-state index in [1.807, 2.05) is 14.0 Å². The van der Waals surface area contributed by atoms with Crippen LogP contribution >= 0.6 is 0 Å². The SMILES string of the molecule is CCOC(=O)C1CCN(S(=O)(=O)NCC(C)CNC)CC1. The fraction of sp³-hybridized carbons (Fsp3) is 0.923. The molecule has 1 fully saturated rings. The molecule has 0 aromatic carbocycles. The second kappa shape index (κ2) is 8.67. The van der Waals surface area contributed by atoms with Gasteiger partial charge in [-0.15, -0.1) is 0 Å². The first-order chi connectivity index (χ1) is 9.90. The molecule has 1 aliphatic heterocycles. The van der Waals surface area contributed by atoms with Gasteiger partial charge in [-0.05, 0) is 39.3 Å². The van der Waals surface area contributed by atoms with E-state index in [9.17, 15) is 13.2 Å². The van der Waals surface area contributed by atoms with E-state index >= 15 is 0 Å². The molecule has 0 aliphatic carbocycles. The fourth-order valence-corrected chi connectivity index (χ4v) is 3.72. The monoisotopic (exact) mass is 321 g/mol. The van der Waals surface area contributed by atoms with Crippen molar-refractivity contribution in [2.75, 3.05) is 39.8 Å². The van der Waals surface area contributed by atoms with Crippen molar-refractivity contribution in [3.8, 4) is 0 Å². The van der Waals surface area contributed by atoms with Gasteiger partial charge in [-0.1, -0.05) is 6.92 Å². The van der Waals surface area contributed by atoms with Crippen LogP contribution in [0.5, 0.6) is 0 Å². The van der Waals surface area contributed by atoms with E-state index in [1.54, 1.807) is 6.92 Å². The number of esters is 1. The molecule has 1 saturated heterocycles. The van der Waals surface area contributed by atoms with Gasteiger partial charge < -0.3 is 10.1 Å². The molecule has 0 aromatic heterocycles. The Labute approximate surface area is 127 Å². The highest BCUT2D eigenvalue weighted by molar-refractivity contribution is 7.87. The molecule has 0 bridgehead atoms. The average Bonchev–Trinajstić information content (AvgIpc) is 2.46. The van der Waals surface area contributed by atoms with Gasteiger partial charge in [0.05, 0.1) is 12.5 Å². The Morgan fingerprint density at radius 1 is 1.33 bits per heavy atom. The lowest BCUT2D eigenvalue weighted by atomic mass is 9.98. The molecule has 1 aliphatic rings. The normalized spacial score (nSPS) is 19.4. The van der Waals surface area contributed by atoms with Gasteiger partial charge in [-0.25, -0.2) is 4.72 Å². The maximum absolute atomic E-state index is 12.2. The summed E-state index contributed by atoms with van der Waals surface area (Å²) < 4.78 is 33.4.